The number of nitrogens with one attached hydrogen (secondary N) is 3. The van der Waals surface area contributed by atoms with Gasteiger partial charge in [0, 0.05) is 110 Å². The minimum absolute atomic E-state index is 0.0134. The zero-order chi connectivity index (χ0) is 66.4. The number of ketones is 1. The van der Waals surface area contributed by atoms with E-state index >= 15 is 17.6 Å². The summed E-state index contributed by atoms with van der Waals surface area (Å²) < 4.78 is 91.9. The van der Waals surface area contributed by atoms with Crippen LogP contribution in [0.25, 0.3) is 22.0 Å². The fourth-order valence-corrected chi connectivity index (χ4v) is 12.1. The van der Waals surface area contributed by atoms with Gasteiger partial charge in [-0.1, -0.05) is 85.9 Å². The zero-order valence-electron chi connectivity index (χ0n) is 51.5. The molecule has 0 radical (unpaired) electrons. The number of nitrogens with two attached hydrogens (primary N) is 1. The van der Waals surface area contributed by atoms with E-state index in [-0.39, 0.29) is 163 Å². The molecule has 0 spiro atoms. The maximum atomic E-state index is 16.5. The molecule has 6 N–H and O–H groups in total. The summed E-state index contributed by atoms with van der Waals surface area (Å²) in [6.07, 6.45) is 0.0645. The van der Waals surface area contributed by atoms with Gasteiger partial charge < -0.3 is 65.2 Å². The summed E-state index contributed by atoms with van der Waals surface area (Å²) in [6.45, 7) is 9.57. The minimum atomic E-state index is -1.80. The Morgan fingerprint density at radius 1 is 0.815 bits per heavy atom. The summed E-state index contributed by atoms with van der Waals surface area (Å²) in [5, 5.41) is 30.8. The number of methoxy groups -OCH3 is 1. The molecule has 492 valence electrons. The summed E-state index contributed by atoms with van der Waals surface area (Å²) in [4.78, 5) is 66.6. The number of ether oxygens (including phenoxy) is 5. The molecule has 0 bridgehead atoms. The van der Waals surface area contributed by atoms with Crippen LogP contribution in [0.15, 0.2) is 78.9 Å². The van der Waals surface area contributed by atoms with Crippen LogP contribution in [0.2, 0.25) is 15.1 Å². The van der Waals surface area contributed by atoms with E-state index in [0.717, 1.165) is 12.1 Å². The normalized spacial score (nSPS) is 17.4. The topological polar surface area (TPSA) is 256 Å². The van der Waals surface area contributed by atoms with E-state index in [1.165, 1.54) is 71.5 Å². The van der Waals surface area contributed by atoms with Gasteiger partial charge in [-0.3, -0.25) is 14.4 Å². The van der Waals surface area contributed by atoms with Gasteiger partial charge in [-0.25, -0.2) is 27.3 Å². The van der Waals surface area contributed by atoms with Crippen LogP contribution in [0.4, 0.5) is 34.1 Å². The monoisotopic (exact) mass is 1330 g/mol. The number of hydrogen-bond acceptors (Lipinski definition) is 16. The quantitative estimate of drug-likeness (QED) is 0.0216. The van der Waals surface area contributed by atoms with E-state index in [4.69, 9.17) is 64.2 Å². The summed E-state index contributed by atoms with van der Waals surface area (Å²) in [5.74, 6) is -5.83. The van der Waals surface area contributed by atoms with Gasteiger partial charge in [0.15, 0.2) is 11.6 Å². The van der Waals surface area contributed by atoms with Crippen LogP contribution in [0.3, 0.4) is 0 Å². The molecule has 27 heteroatoms. The van der Waals surface area contributed by atoms with Gasteiger partial charge in [0.2, 0.25) is 11.9 Å². The van der Waals surface area contributed by atoms with Gasteiger partial charge in [0.25, 0.3) is 5.91 Å². The highest BCUT2D eigenvalue weighted by atomic mass is 35.5. The van der Waals surface area contributed by atoms with Crippen molar-refractivity contribution in [3.05, 3.63) is 139 Å². The molecule has 3 heterocycles. The van der Waals surface area contributed by atoms with Crippen molar-refractivity contribution in [3.8, 4) is 28.7 Å². The van der Waals surface area contributed by atoms with E-state index in [1.807, 2.05) is 25.7 Å². The molecule has 2 aliphatic rings. The highest BCUT2D eigenvalue weighted by Gasteiger charge is 2.61. The summed E-state index contributed by atoms with van der Waals surface area (Å²) in [6, 6.07) is 17.6. The van der Waals surface area contributed by atoms with Crippen molar-refractivity contribution in [2.45, 2.75) is 63.5 Å². The molecule has 2 fully saturated rings. The molecule has 2 saturated heterocycles. The zero-order valence-corrected chi connectivity index (χ0v) is 53.8. The van der Waals surface area contributed by atoms with Crippen molar-refractivity contribution < 1.29 is 65.5 Å². The molecule has 0 aliphatic carbocycles. The van der Waals surface area contributed by atoms with Crippen molar-refractivity contribution >= 4 is 81.1 Å². The van der Waals surface area contributed by atoms with Crippen LogP contribution >= 0.6 is 34.8 Å². The number of carbonyl (C=O) groups excluding carboxylic acids is 4. The number of benzene rings is 5. The summed E-state index contributed by atoms with van der Waals surface area (Å²) in [5.41, 5.74) is 2.84. The Kier molecular flexibility index (Phi) is 24.3. The molecule has 0 saturated carbocycles. The van der Waals surface area contributed by atoms with Crippen LogP contribution in [-0.4, -0.2) is 173 Å². The number of carbonyl (C=O) groups is 4. The predicted octanol–water partition coefficient (Wildman–Crippen LogP) is 9.62. The van der Waals surface area contributed by atoms with Gasteiger partial charge in [-0.2, -0.15) is 10.2 Å². The Hall–Kier alpha value is -7.60. The van der Waals surface area contributed by atoms with E-state index < -0.39 is 81.1 Å². The van der Waals surface area contributed by atoms with Crippen molar-refractivity contribution in [1.29, 1.82) is 5.26 Å². The lowest BCUT2D eigenvalue weighted by molar-refractivity contribution is -0.130. The molecule has 4 atom stereocenters. The van der Waals surface area contributed by atoms with E-state index in [1.54, 1.807) is 19.2 Å². The van der Waals surface area contributed by atoms with E-state index in [9.17, 15) is 29.5 Å². The maximum absolute atomic E-state index is 16.5. The molecule has 2 aliphatic heterocycles. The molecule has 8 rings (SSSR count). The maximum Gasteiger partial charge on any atom is 0.314 e. The first-order valence-electron chi connectivity index (χ1n) is 29.8. The number of aromatic nitrogens is 2. The number of phenolic OH excluding ortho intramolecular Hbond substituents is 1. The predicted molar refractivity (Wildman–Crippen MR) is 341 cm³/mol. The molecular weight excluding hydrogens is 1260 g/mol. The molecule has 20 nitrogen and oxygen atoms in total. The fraction of sp³-hybridized carbons (Fsp3) is 0.431. The highest BCUT2D eigenvalue weighted by molar-refractivity contribution is 6.34. The third-order valence-corrected chi connectivity index (χ3v) is 16.8. The van der Waals surface area contributed by atoms with Crippen LogP contribution in [0, 0.1) is 40.0 Å². The number of nitrogens with zero attached hydrogens (tertiary/aromatic N) is 6. The van der Waals surface area contributed by atoms with Crippen molar-refractivity contribution in [2.24, 2.45) is 11.1 Å². The largest absolute Gasteiger partial charge is 0.507 e. The lowest BCUT2D eigenvalue weighted by Gasteiger charge is -2.37. The third-order valence-electron chi connectivity index (χ3n) is 16.0. The van der Waals surface area contributed by atoms with Crippen molar-refractivity contribution in [1.82, 2.24) is 30.4 Å². The third kappa shape index (κ3) is 16.8. The smallest absolute Gasteiger partial charge is 0.314 e. The molecule has 6 aromatic rings. The number of nitriles is 1. The first-order chi connectivity index (χ1) is 44.0. The number of aromatic hydroxyl groups is 1. The van der Waals surface area contributed by atoms with Crippen molar-refractivity contribution in [2.75, 3.05) is 123 Å². The van der Waals surface area contributed by atoms with Crippen molar-refractivity contribution in [3.63, 3.8) is 0 Å². The minimum Gasteiger partial charge on any atom is -0.507 e. The first kappa shape index (κ1) is 70.3. The van der Waals surface area contributed by atoms with Gasteiger partial charge in [-0.05, 0) is 65.9 Å². The molecule has 4 amide bonds. The van der Waals surface area contributed by atoms with E-state index in [2.05, 4.69) is 32.0 Å². The number of hydrogen-bond donors (Lipinski definition) is 5. The molecule has 5 aromatic carbocycles. The number of fused-ring (bicyclic) bond motifs is 1. The Morgan fingerprint density at radius 3 is 2.13 bits per heavy atom. The van der Waals surface area contributed by atoms with Crippen LogP contribution in [0.5, 0.6) is 11.5 Å². The number of Topliss-reactive ketones (excluding diaryl/α,β-unsaturated/α-hetero) is 1. The summed E-state index contributed by atoms with van der Waals surface area (Å²) >= 11 is 19.0. The average molecular weight is 1340 g/mol. The number of halogens is 7. The van der Waals surface area contributed by atoms with Gasteiger partial charge in [-0.15, -0.1) is 0 Å². The van der Waals surface area contributed by atoms with Crippen LogP contribution < -0.4 is 31.3 Å². The number of urea groups is 1. The summed E-state index contributed by atoms with van der Waals surface area (Å²) in [7, 11) is 3.03. The highest BCUT2D eigenvalue weighted by Crippen LogP contribution is 2.53. The van der Waals surface area contributed by atoms with Gasteiger partial charge in [0.1, 0.15) is 45.7 Å². The number of piperazine rings is 1. The second kappa shape index (κ2) is 31.8. The van der Waals surface area contributed by atoms with E-state index in [0.29, 0.717) is 31.7 Å². The number of amides is 4. The number of rotatable bonds is 29. The van der Waals surface area contributed by atoms with Gasteiger partial charge in [0.05, 0.1) is 87.7 Å². The Labute approximate surface area is 545 Å². The number of phenols is 1. The number of anilines is 2. The second-order valence-electron chi connectivity index (χ2n) is 23.3. The second-order valence-corrected chi connectivity index (χ2v) is 24.6. The van der Waals surface area contributed by atoms with Gasteiger partial charge >= 0.3 is 6.03 Å². The lowest BCUT2D eigenvalue weighted by atomic mass is 9.62. The van der Waals surface area contributed by atoms with Crippen LogP contribution in [0.1, 0.15) is 66.6 Å². The Balaban J connectivity index is 0.723. The first-order valence-corrected chi connectivity index (χ1v) is 30.9. The van der Waals surface area contributed by atoms with Crippen LogP contribution in [-0.2, 0) is 40.4 Å². The number of likely N-dealkylation sites (N-methyl/N-ethyl adjacent to an activating group) is 1. The fourth-order valence-electron chi connectivity index (χ4n) is 11.5. The molecule has 92 heavy (non-hydrogen) atoms. The Morgan fingerprint density at radius 2 is 1.49 bits per heavy atom. The lowest BCUT2D eigenvalue weighted by Crippen LogP contribution is -2.50. The molecule has 1 aromatic heterocycles. The SMILES string of the molecule is COc1cc(C(=O)NCCOCCOCCOCCOCCN(C)C(=O)CCNc2nc(N3CCN(C(N)=O)CC3)c3cc(Cl)c(-c4c(O)cccc4F)c(F)c3n2)ccc1CC(=O)[C@@H]1N[C@@H](CC(C)(C)C)[C@](C#N)(c2ccc(Cl)cc2F)[C@H]1c1cccc(Cl)c1F. The number of primary amides is 1. The Bertz CT molecular complexity index is 3670. The molecule has 0 unspecified atom stereocenters. The average Bonchev–Trinajstić information content (AvgIpc) is 1.51. The molecular formula is C65H73Cl3F4N10O10. The standard InChI is InChI=1S/C65H73Cl3F4N10O10/c1-64(2,3)36-51-65(37-73,43-15-14-40(66)34-47(43)70)55(41-8-6-9-44(67)56(41)71)59(77-51)49(84)32-38-12-13-39(33-50(38)88-5)61(86)75-18-24-89-26-28-91-30-31-92-29-27-90-25-23-80(4)52(85)16-17-76-63-78-58-42(60(79-63)81-19-21-82(22-20-81)62(74)87)35-45(68)53(57(58)72)54-46(69)10-7-11-48(54)83/h6-15,33-35,51,55,59,77,83H,16-32,36H2,1-5H3,(H2,74,87)(H,75,86)(H,76,78,79)/t51-,55-,59-,65-/m0/s1.